The van der Waals surface area contributed by atoms with Gasteiger partial charge in [-0.15, -0.1) is 11.3 Å². The first-order chi connectivity index (χ1) is 14.6. The molecule has 30 heavy (non-hydrogen) atoms. The molecule has 1 aromatic carbocycles. The fraction of sp³-hybridized carbons (Fsp3) is 0.429. The second kappa shape index (κ2) is 11.1. The van der Waals surface area contributed by atoms with Gasteiger partial charge in [0, 0.05) is 56.2 Å². The van der Waals surface area contributed by atoms with Crippen molar-refractivity contribution in [2.75, 3.05) is 25.4 Å². The lowest BCUT2D eigenvalue weighted by molar-refractivity contribution is -0.128. The molecule has 2 aromatic rings. The maximum atomic E-state index is 12.4. The average molecular weight is 445 g/mol. The lowest BCUT2D eigenvalue weighted by Gasteiger charge is -2.30. The van der Waals surface area contributed by atoms with Gasteiger partial charge in [0.15, 0.2) is 10.0 Å². The number of hydrogen-bond donors (Lipinski definition) is 1. The molecule has 1 amide bonds. The Hall–Kier alpha value is -2.41. The van der Waals surface area contributed by atoms with E-state index in [2.05, 4.69) is 28.1 Å². The molecule has 2 heterocycles. The van der Waals surface area contributed by atoms with Gasteiger partial charge in [-0.1, -0.05) is 42.1 Å². The van der Waals surface area contributed by atoms with Crippen LogP contribution in [-0.4, -0.2) is 63.2 Å². The SMILES string of the molecule is N#CCCN(Cc1ccccc1)CC1CCC(=O)N1CCSc1nc(C(=O)O)cs1. The fourth-order valence-electron chi connectivity index (χ4n) is 3.53. The number of amides is 1. The van der Waals surface area contributed by atoms with Gasteiger partial charge in [0.05, 0.1) is 6.07 Å². The van der Waals surface area contributed by atoms with Crippen molar-refractivity contribution in [3.63, 3.8) is 0 Å². The van der Waals surface area contributed by atoms with Crippen molar-refractivity contribution in [1.29, 1.82) is 5.26 Å². The van der Waals surface area contributed by atoms with E-state index >= 15 is 0 Å². The van der Waals surface area contributed by atoms with Gasteiger partial charge in [-0.25, -0.2) is 9.78 Å². The fourth-order valence-corrected chi connectivity index (χ4v) is 5.34. The summed E-state index contributed by atoms with van der Waals surface area (Å²) in [5.41, 5.74) is 1.26. The van der Waals surface area contributed by atoms with Gasteiger partial charge in [-0.05, 0) is 12.0 Å². The smallest absolute Gasteiger partial charge is 0.355 e. The van der Waals surface area contributed by atoms with Gasteiger partial charge < -0.3 is 10.0 Å². The standard InChI is InChI=1S/C21H24N4O3S2/c22-9-4-10-24(13-16-5-2-1-3-6-16)14-17-7-8-19(26)25(17)11-12-29-21-23-18(15-30-21)20(27)28/h1-3,5-6,15,17H,4,7-8,10-14H2,(H,27,28). The molecule has 7 nitrogen and oxygen atoms in total. The van der Waals surface area contributed by atoms with Crippen molar-refractivity contribution >= 4 is 35.0 Å². The van der Waals surface area contributed by atoms with Crippen molar-refractivity contribution in [1.82, 2.24) is 14.8 Å². The second-order valence-corrected chi connectivity index (χ2v) is 9.26. The molecule has 0 bridgehead atoms. The first-order valence-corrected chi connectivity index (χ1v) is 11.7. The van der Waals surface area contributed by atoms with Crippen LogP contribution in [0.2, 0.25) is 0 Å². The summed E-state index contributed by atoms with van der Waals surface area (Å²) in [6, 6.07) is 12.5. The monoisotopic (exact) mass is 444 g/mol. The first kappa shape index (κ1) is 22.3. The Kier molecular flexibility index (Phi) is 8.25. The number of carboxylic acids is 1. The van der Waals surface area contributed by atoms with E-state index in [1.54, 1.807) is 0 Å². The van der Waals surface area contributed by atoms with E-state index in [1.165, 1.54) is 34.0 Å². The van der Waals surface area contributed by atoms with Gasteiger partial charge >= 0.3 is 5.97 Å². The van der Waals surface area contributed by atoms with Crippen LogP contribution in [0.4, 0.5) is 0 Å². The summed E-state index contributed by atoms with van der Waals surface area (Å²) in [7, 11) is 0. The number of thioether (sulfide) groups is 1. The highest BCUT2D eigenvalue weighted by Gasteiger charge is 2.31. The highest BCUT2D eigenvalue weighted by Crippen LogP contribution is 2.25. The number of carboxylic acid groups (broad SMARTS) is 1. The lowest BCUT2D eigenvalue weighted by atomic mass is 10.1. The van der Waals surface area contributed by atoms with E-state index < -0.39 is 5.97 Å². The second-order valence-electron chi connectivity index (χ2n) is 7.06. The highest BCUT2D eigenvalue weighted by atomic mass is 32.2. The summed E-state index contributed by atoms with van der Waals surface area (Å²) in [6.45, 7) is 2.78. The van der Waals surface area contributed by atoms with Crippen LogP contribution in [0, 0.1) is 11.3 Å². The van der Waals surface area contributed by atoms with Crippen molar-refractivity contribution in [3.8, 4) is 6.07 Å². The molecule has 1 aliphatic rings. The first-order valence-electron chi connectivity index (χ1n) is 9.81. The van der Waals surface area contributed by atoms with E-state index in [-0.39, 0.29) is 17.6 Å². The molecule has 1 atom stereocenters. The van der Waals surface area contributed by atoms with Crippen LogP contribution in [0.25, 0.3) is 0 Å². The van der Waals surface area contributed by atoms with Gasteiger partial charge in [-0.3, -0.25) is 9.69 Å². The third-order valence-corrected chi connectivity index (χ3v) is 6.97. The number of benzene rings is 1. The Labute approximate surface area is 184 Å². The zero-order chi connectivity index (χ0) is 21.3. The number of nitriles is 1. The van der Waals surface area contributed by atoms with E-state index in [1.807, 2.05) is 23.1 Å². The number of carbonyl (C=O) groups is 2. The predicted molar refractivity (Wildman–Crippen MR) is 116 cm³/mol. The quantitative estimate of drug-likeness (QED) is 0.531. The largest absolute Gasteiger partial charge is 0.476 e. The normalized spacial score (nSPS) is 16.2. The van der Waals surface area contributed by atoms with Crippen molar-refractivity contribution in [2.45, 2.75) is 36.2 Å². The van der Waals surface area contributed by atoms with Crippen molar-refractivity contribution in [3.05, 3.63) is 47.0 Å². The van der Waals surface area contributed by atoms with Crippen LogP contribution in [0.5, 0.6) is 0 Å². The molecule has 0 spiro atoms. The summed E-state index contributed by atoms with van der Waals surface area (Å²) in [5, 5.41) is 19.5. The lowest BCUT2D eigenvalue weighted by Crippen LogP contribution is -2.43. The number of likely N-dealkylation sites (tertiary alicyclic amines) is 1. The van der Waals surface area contributed by atoms with Gasteiger partial charge in [0.1, 0.15) is 0 Å². The summed E-state index contributed by atoms with van der Waals surface area (Å²) < 4.78 is 0.704. The number of carbonyl (C=O) groups excluding carboxylic acids is 1. The van der Waals surface area contributed by atoms with Gasteiger partial charge in [0.25, 0.3) is 0 Å². The summed E-state index contributed by atoms with van der Waals surface area (Å²) in [4.78, 5) is 31.6. The molecule has 0 aliphatic carbocycles. The topological polar surface area (TPSA) is 97.5 Å². The molecule has 0 radical (unpaired) electrons. The van der Waals surface area contributed by atoms with Crippen LogP contribution >= 0.6 is 23.1 Å². The molecule has 1 N–H and O–H groups in total. The summed E-state index contributed by atoms with van der Waals surface area (Å²) >= 11 is 2.79. The number of thiazole rings is 1. The Morgan fingerprint density at radius 2 is 2.20 bits per heavy atom. The average Bonchev–Trinajstić information content (AvgIpc) is 3.35. The third kappa shape index (κ3) is 6.29. The van der Waals surface area contributed by atoms with E-state index in [4.69, 9.17) is 10.4 Å². The molecule has 1 aromatic heterocycles. The molecule has 0 saturated carbocycles. The van der Waals surface area contributed by atoms with Crippen LogP contribution in [-0.2, 0) is 11.3 Å². The third-order valence-electron chi connectivity index (χ3n) is 4.97. The van der Waals surface area contributed by atoms with E-state index in [9.17, 15) is 9.59 Å². The van der Waals surface area contributed by atoms with E-state index in [0.717, 1.165) is 19.5 Å². The number of aromatic carboxylic acids is 1. The van der Waals surface area contributed by atoms with Crippen LogP contribution in [0.1, 0.15) is 35.3 Å². The number of nitrogens with zero attached hydrogens (tertiary/aromatic N) is 4. The van der Waals surface area contributed by atoms with Crippen LogP contribution in [0.15, 0.2) is 40.1 Å². The Bertz CT molecular complexity index is 897. The Balaban J connectivity index is 1.56. The molecule has 158 valence electrons. The molecule has 9 heteroatoms. The summed E-state index contributed by atoms with van der Waals surface area (Å²) in [5.74, 6) is -0.194. The Morgan fingerprint density at radius 1 is 1.40 bits per heavy atom. The molecule has 3 rings (SSSR count). The van der Waals surface area contributed by atoms with Crippen molar-refractivity contribution < 1.29 is 14.7 Å². The van der Waals surface area contributed by atoms with Crippen molar-refractivity contribution in [2.24, 2.45) is 0 Å². The molecular weight excluding hydrogens is 420 g/mol. The van der Waals surface area contributed by atoms with E-state index in [0.29, 0.717) is 36.0 Å². The molecular formula is C21H24N4O3S2. The minimum atomic E-state index is -1.02. The zero-order valence-electron chi connectivity index (χ0n) is 16.6. The minimum absolute atomic E-state index is 0.0617. The number of rotatable bonds is 11. The van der Waals surface area contributed by atoms with Gasteiger partial charge in [0.2, 0.25) is 5.91 Å². The maximum absolute atomic E-state index is 12.4. The zero-order valence-corrected chi connectivity index (χ0v) is 18.2. The highest BCUT2D eigenvalue weighted by molar-refractivity contribution is 8.01. The molecule has 1 saturated heterocycles. The number of aromatic nitrogens is 1. The minimum Gasteiger partial charge on any atom is -0.476 e. The molecule has 1 fully saturated rings. The Morgan fingerprint density at radius 3 is 2.90 bits per heavy atom. The molecule has 1 aliphatic heterocycles. The molecule has 1 unspecified atom stereocenters. The van der Waals surface area contributed by atoms with Crippen LogP contribution in [0.3, 0.4) is 0 Å². The van der Waals surface area contributed by atoms with Gasteiger partial charge in [-0.2, -0.15) is 5.26 Å². The predicted octanol–water partition coefficient (Wildman–Crippen LogP) is 3.34. The summed E-state index contributed by atoms with van der Waals surface area (Å²) in [6.07, 6.45) is 1.83. The van der Waals surface area contributed by atoms with Crippen LogP contribution < -0.4 is 0 Å². The number of hydrogen-bond acceptors (Lipinski definition) is 7. The maximum Gasteiger partial charge on any atom is 0.355 e.